The molecule has 30 heavy (non-hydrogen) atoms. The summed E-state index contributed by atoms with van der Waals surface area (Å²) in [6.07, 6.45) is 3.55. The van der Waals surface area contributed by atoms with Crippen LogP contribution in [0.3, 0.4) is 0 Å². The second kappa shape index (κ2) is 9.32. The number of ether oxygens (including phenoxy) is 2. The Morgan fingerprint density at radius 2 is 1.53 bits per heavy atom. The molecule has 1 heterocycles. The van der Waals surface area contributed by atoms with Crippen LogP contribution >= 0.6 is 0 Å². The van der Waals surface area contributed by atoms with Crippen LogP contribution in [0.15, 0.2) is 65.8 Å². The highest BCUT2D eigenvalue weighted by Crippen LogP contribution is 2.23. The maximum Gasteiger partial charge on any atom is 0.243 e. The molecule has 7 nitrogen and oxygen atoms in total. The Morgan fingerprint density at radius 1 is 0.967 bits per heavy atom. The Morgan fingerprint density at radius 3 is 2.07 bits per heavy atom. The summed E-state index contributed by atoms with van der Waals surface area (Å²) in [5.74, 6) is 2.08. The summed E-state index contributed by atoms with van der Waals surface area (Å²) < 4.78 is 40.3. The highest BCUT2D eigenvalue weighted by Gasteiger charge is 2.28. The quantitative estimate of drug-likeness (QED) is 0.520. The molecule has 2 aromatic carbocycles. The van der Waals surface area contributed by atoms with E-state index in [0.29, 0.717) is 18.1 Å². The van der Waals surface area contributed by atoms with Gasteiger partial charge >= 0.3 is 0 Å². The van der Waals surface area contributed by atoms with Crippen molar-refractivity contribution in [1.82, 2.24) is 13.9 Å². The lowest BCUT2D eigenvalue weighted by atomic mass is 10.2. The highest BCUT2D eigenvalue weighted by atomic mass is 32.2. The zero-order valence-electron chi connectivity index (χ0n) is 17.6. The second-order valence-corrected chi connectivity index (χ2v) is 9.03. The second-order valence-electron chi connectivity index (χ2n) is 7.14. The first kappa shape index (κ1) is 21.9. The number of imidazole rings is 1. The first-order chi connectivity index (χ1) is 14.3. The zero-order valence-corrected chi connectivity index (χ0v) is 18.5. The fourth-order valence-corrected chi connectivity index (χ4v) is 4.72. The van der Waals surface area contributed by atoms with Crippen LogP contribution in [-0.2, 0) is 23.1 Å². The predicted molar refractivity (Wildman–Crippen MR) is 115 cm³/mol. The molecule has 3 rings (SSSR count). The van der Waals surface area contributed by atoms with Gasteiger partial charge < -0.3 is 14.0 Å². The smallest absolute Gasteiger partial charge is 0.243 e. The van der Waals surface area contributed by atoms with Gasteiger partial charge in [0.2, 0.25) is 10.0 Å². The van der Waals surface area contributed by atoms with Gasteiger partial charge in [0.15, 0.2) is 0 Å². The molecule has 160 valence electrons. The molecule has 0 spiro atoms. The third kappa shape index (κ3) is 4.83. The largest absolute Gasteiger partial charge is 0.497 e. The minimum Gasteiger partial charge on any atom is -0.497 e. The number of rotatable bonds is 9. The van der Waals surface area contributed by atoms with Crippen LogP contribution < -0.4 is 9.47 Å². The van der Waals surface area contributed by atoms with Gasteiger partial charge in [-0.05, 0) is 55.8 Å². The number of hydrogen-bond donors (Lipinski definition) is 0. The van der Waals surface area contributed by atoms with Crippen LogP contribution in [0.1, 0.15) is 25.2 Å². The Labute approximate surface area is 177 Å². The summed E-state index contributed by atoms with van der Waals surface area (Å²) in [7, 11) is -0.512. The first-order valence-electron chi connectivity index (χ1n) is 9.64. The molecule has 0 atom stereocenters. The fraction of sp³-hybridized carbons (Fsp3) is 0.318. The summed E-state index contributed by atoms with van der Waals surface area (Å²) in [6, 6.07) is 14.0. The van der Waals surface area contributed by atoms with E-state index in [4.69, 9.17) is 9.47 Å². The minimum absolute atomic E-state index is 0.176. The molecule has 0 aliphatic heterocycles. The van der Waals surface area contributed by atoms with Crippen molar-refractivity contribution in [2.24, 2.45) is 0 Å². The van der Waals surface area contributed by atoms with Crippen LogP contribution in [0.25, 0.3) is 0 Å². The molecule has 0 unspecified atom stereocenters. The maximum atomic E-state index is 13.3. The molecule has 0 bridgehead atoms. The number of nitrogens with zero attached hydrogens (tertiary/aromatic N) is 3. The SMILES string of the molecule is COc1ccc(Cn2ccnc2CN(C(C)C)S(=O)(=O)c2ccc(OC)cc2)cc1. The van der Waals surface area contributed by atoms with E-state index >= 15 is 0 Å². The molecule has 1 aromatic heterocycles. The van der Waals surface area contributed by atoms with Crippen LogP contribution in [0.4, 0.5) is 0 Å². The molecular formula is C22H27N3O4S. The zero-order chi connectivity index (χ0) is 21.7. The van der Waals surface area contributed by atoms with Crippen molar-refractivity contribution in [1.29, 1.82) is 0 Å². The molecule has 0 saturated heterocycles. The molecule has 0 amide bonds. The molecule has 0 N–H and O–H groups in total. The first-order valence-corrected chi connectivity index (χ1v) is 11.1. The van der Waals surface area contributed by atoms with Gasteiger partial charge in [-0.25, -0.2) is 13.4 Å². The van der Waals surface area contributed by atoms with Crippen molar-refractivity contribution < 1.29 is 17.9 Å². The lowest BCUT2D eigenvalue weighted by Crippen LogP contribution is -2.37. The van der Waals surface area contributed by atoms with Crippen molar-refractivity contribution in [3.8, 4) is 11.5 Å². The molecule has 0 radical (unpaired) electrons. The Bertz CT molecular complexity index is 1060. The van der Waals surface area contributed by atoms with E-state index in [-0.39, 0.29) is 17.5 Å². The van der Waals surface area contributed by atoms with Crippen LogP contribution in [0.2, 0.25) is 0 Å². The number of aromatic nitrogens is 2. The molecule has 0 saturated carbocycles. The number of sulfonamides is 1. The average molecular weight is 430 g/mol. The van der Waals surface area contributed by atoms with E-state index in [2.05, 4.69) is 4.98 Å². The van der Waals surface area contributed by atoms with Gasteiger partial charge in [-0.15, -0.1) is 0 Å². The molecule has 0 aliphatic rings. The lowest BCUT2D eigenvalue weighted by molar-refractivity contribution is 0.336. The Hall–Kier alpha value is -2.84. The van der Waals surface area contributed by atoms with Crippen LogP contribution in [0, 0.1) is 0 Å². The van der Waals surface area contributed by atoms with Gasteiger partial charge in [0.1, 0.15) is 17.3 Å². The van der Waals surface area contributed by atoms with Crippen molar-refractivity contribution in [3.05, 3.63) is 72.3 Å². The summed E-state index contributed by atoms with van der Waals surface area (Å²) >= 11 is 0. The van der Waals surface area contributed by atoms with Crippen molar-refractivity contribution in [3.63, 3.8) is 0 Å². The predicted octanol–water partition coefficient (Wildman–Crippen LogP) is 3.55. The molecule has 8 heteroatoms. The third-order valence-electron chi connectivity index (χ3n) is 4.85. The van der Waals surface area contributed by atoms with Crippen LogP contribution in [0.5, 0.6) is 11.5 Å². The topological polar surface area (TPSA) is 73.7 Å². The van der Waals surface area contributed by atoms with E-state index in [1.807, 2.05) is 48.9 Å². The summed E-state index contributed by atoms with van der Waals surface area (Å²) in [5.41, 5.74) is 1.07. The van der Waals surface area contributed by atoms with Gasteiger partial charge in [0.25, 0.3) is 0 Å². The molecule has 0 aliphatic carbocycles. The summed E-state index contributed by atoms with van der Waals surface area (Å²) in [4.78, 5) is 4.64. The van der Waals surface area contributed by atoms with Gasteiger partial charge in [-0.2, -0.15) is 4.31 Å². The normalized spacial score (nSPS) is 11.8. The number of hydrogen-bond acceptors (Lipinski definition) is 5. The maximum absolute atomic E-state index is 13.3. The molecule has 3 aromatic rings. The van der Waals surface area contributed by atoms with Crippen molar-refractivity contribution >= 4 is 10.0 Å². The van der Waals surface area contributed by atoms with E-state index in [1.54, 1.807) is 44.7 Å². The monoisotopic (exact) mass is 429 g/mol. The van der Waals surface area contributed by atoms with Crippen LogP contribution in [-0.4, -0.2) is 42.5 Å². The van der Waals surface area contributed by atoms with E-state index in [1.165, 1.54) is 4.31 Å². The van der Waals surface area contributed by atoms with E-state index < -0.39 is 10.0 Å². The van der Waals surface area contributed by atoms with Gasteiger partial charge in [-0.1, -0.05) is 12.1 Å². The summed E-state index contributed by atoms with van der Waals surface area (Å²) in [6.45, 7) is 4.48. The minimum atomic E-state index is -3.69. The molecular weight excluding hydrogens is 402 g/mol. The Balaban J connectivity index is 1.84. The van der Waals surface area contributed by atoms with Crippen molar-refractivity contribution in [2.45, 2.75) is 37.9 Å². The molecule has 0 fully saturated rings. The van der Waals surface area contributed by atoms with E-state index in [9.17, 15) is 8.42 Å². The fourth-order valence-electron chi connectivity index (χ4n) is 3.13. The Kier molecular flexibility index (Phi) is 6.79. The summed E-state index contributed by atoms with van der Waals surface area (Å²) in [5, 5.41) is 0. The standard InChI is InChI=1S/C22H27N3O4S/c1-17(2)25(30(26,27)21-11-9-20(29-4)10-12-21)16-22-23-13-14-24(22)15-18-5-7-19(28-3)8-6-18/h5-14,17H,15-16H2,1-4H3. The number of methoxy groups -OCH3 is 2. The van der Waals surface area contributed by atoms with Gasteiger partial charge in [-0.3, -0.25) is 0 Å². The highest BCUT2D eigenvalue weighted by molar-refractivity contribution is 7.89. The van der Waals surface area contributed by atoms with Gasteiger partial charge in [0, 0.05) is 25.0 Å². The van der Waals surface area contributed by atoms with Gasteiger partial charge in [0.05, 0.1) is 25.7 Å². The van der Waals surface area contributed by atoms with E-state index in [0.717, 1.165) is 11.3 Å². The lowest BCUT2D eigenvalue weighted by Gasteiger charge is -2.26. The van der Waals surface area contributed by atoms with Crippen molar-refractivity contribution in [2.75, 3.05) is 14.2 Å². The third-order valence-corrected chi connectivity index (χ3v) is 6.89. The number of benzene rings is 2. The average Bonchev–Trinajstić information content (AvgIpc) is 3.19.